The van der Waals surface area contributed by atoms with Crippen molar-refractivity contribution in [1.82, 2.24) is 9.88 Å². The maximum Gasteiger partial charge on any atom is 0.0491 e. The fourth-order valence-corrected chi connectivity index (χ4v) is 2.76. The Morgan fingerprint density at radius 2 is 1.74 bits per heavy atom. The summed E-state index contributed by atoms with van der Waals surface area (Å²) in [5, 5.41) is 5.93. The van der Waals surface area contributed by atoms with Gasteiger partial charge < -0.3 is 22.3 Å². The Hall–Kier alpha value is -1.51. The molecule has 2 nitrogen and oxygen atoms in total. The maximum atomic E-state index is 3.21. The summed E-state index contributed by atoms with van der Waals surface area (Å²) in [6.45, 7) is 4.13. The highest BCUT2D eigenvalue weighted by Gasteiger charge is 2.08. The standard InChI is InChI=1S/C16H18N2.ClH/c1-3-18-15-7-5-4-6-13(15)14-10-12(11-17-2)8-9-16(14)18;/h4-10,17H,3,11H2,1-2H3;1H/p-1. The topological polar surface area (TPSA) is 17.0 Å². The zero-order valence-corrected chi connectivity index (χ0v) is 12.0. The monoisotopic (exact) mass is 273 g/mol. The molecule has 100 valence electrons. The van der Waals surface area contributed by atoms with Crippen molar-refractivity contribution in [1.29, 1.82) is 0 Å². The summed E-state index contributed by atoms with van der Waals surface area (Å²) < 4.78 is 2.38. The molecule has 0 fully saturated rings. The summed E-state index contributed by atoms with van der Waals surface area (Å²) in [5.41, 5.74) is 4.00. The SMILES string of the molecule is CCn1c2ccccc2c2cc(CNC)ccc21.[Cl-]. The number of rotatable bonds is 3. The van der Waals surface area contributed by atoms with Crippen LogP contribution in [0.1, 0.15) is 12.5 Å². The molecular weight excluding hydrogens is 256 g/mol. The highest BCUT2D eigenvalue weighted by atomic mass is 35.5. The Kier molecular flexibility index (Phi) is 4.13. The first-order valence-electron chi connectivity index (χ1n) is 6.49. The largest absolute Gasteiger partial charge is 1.00 e. The van der Waals surface area contributed by atoms with Gasteiger partial charge in [0.2, 0.25) is 0 Å². The van der Waals surface area contributed by atoms with Crippen molar-refractivity contribution < 1.29 is 12.4 Å². The van der Waals surface area contributed by atoms with Crippen LogP contribution in [-0.4, -0.2) is 11.6 Å². The number of aryl methyl sites for hydroxylation is 1. The molecule has 19 heavy (non-hydrogen) atoms. The molecule has 3 aromatic rings. The van der Waals surface area contributed by atoms with E-state index in [0.717, 1.165) is 13.1 Å². The molecule has 0 unspecified atom stereocenters. The molecule has 0 bridgehead atoms. The van der Waals surface area contributed by atoms with E-state index in [2.05, 4.69) is 59.3 Å². The Bertz CT molecular complexity index is 700. The second kappa shape index (κ2) is 5.64. The molecule has 0 aliphatic rings. The predicted octanol–water partition coefficient (Wildman–Crippen LogP) is 0.538. The van der Waals surface area contributed by atoms with E-state index in [1.54, 1.807) is 0 Å². The van der Waals surface area contributed by atoms with Crippen LogP contribution in [0.4, 0.5) is 0 Å². The van der Waals surface area contributed by atoms with Crippen molar-refractivity contribution in [3.05, 3.63) is 48.0 Å². The molecule has 0 atom stereocenters. The third kappa shape index (κ3) is 2.22. The van der Waals surface area contributed by atoms with Crippen LogP contribution in [0.5, 0.6) is 0 Å². The lowest BCUT2D eigenvalue weighted by Gasteiger charge is -2.04. The fourth-order valence-electron chi connectivity index (χ4n) is 2.76. The molecule has 3 heteroatoms. The van der Waals surface area contributed by atoms with E-state index in [1.165, 1.54) is 27.4 Å². The number of benzene rings is 2. The van der Waals surface area contributed by atoms with Crippen molar-refractivity contribution in [2.24, 2.45) is 0 Å². The number of halogens is 1. The van der Waals surface area contributed by atoms with Crippen LogP contribution >= 0.6 is 0 Å². The molecule has 1 aromatic heterocycles. The number of hydrogen-bond donors (Lipinski definition) is 1. The Balaban J connectivity index is 0.00000133. The van der Waals surface area contributed by atoms with Gasteiger partial charge in [0, 0.05) is 34.9 Å². The third-order valence-electron chi connectivity index (χ3n) is 3.53. The van der Waals surface area contributed by atoms with Gasteiger partial charge in [0.25, 0.3) is 0 Å². The van der Waals surface area contributed by atoms with E-state index in [1.807, 2.05) is 7.05 Å². The molecule has 1 heterocycles. The number of fused-ring (bicyclic) bond motifs is 3. The van der Waals surface area contributed by atoms with Crippen LogP contribution in [-0.2, 0) is 13.1 Å². The van der Waals surface area contributed by atoms with Crippen LogP contribution in [0.2, 0.25) is 0 Å². The maximum absolute atomic E-state index is 3.21. The Morgan fingerprint density at radius 1 is 1.00 bits per heavy atom. The number of aromatic nitrogens is 1. The fraction of sp³-hybridized carbons (Fsp3) is 0.250. The average molecular weight is 274 g/mol. The van der Waals surface area contributed by atoms with E-state index >= 15 is 0 Å². The minimum atomic E-state index is 0. The summed E-state index contributed by atoms with van der Waals surface area (Å²) >= 11 is 0. The quantitative estimate of drug-likeness (QED) is 0.737. The Labute approximate surface area is 119 Å². The first kappa shape index (κ1) is 13.9. The van der Waals surface area contributed by atoms with Crippen LogP contribution in [0.15, 0.2) is 42.5 Å². The van der Waals surface area contributed by atoms with Crippen molar-refractivity contribution in [3.63, 3.8) is 0 Å². The van der Waals surface area contributed by atoms with Crippen LogP contribution in [0.3, 0.4) is 0 Å². The van der Waals surface area contributed by atoms with Crippen molar-refractivity contribution >= 4 is 21.8 Å². The average Bonchev–Trinajstić information content (AvgIpc) is 2.72. The van der Waals surface area contributed by atoms with E-state index in [9.17, 15) is 0 Å². The van der Waals surface area contributed by atoms with Gasteiger partial charge in [-0.25, -0.2) is 0 Å². The van der Waals surface area contributed by atoms with Crippen LogP contribution < -0.4 is 17.7 Å². The number of nitrogens with zero attached hydrogens (tertiary/aromatic N) is 1. The zero-order valence-electron chi connectivity index (χ0n) is 11.3. The summed E-state index contributed by atoms with van der Waals surface area (Å²) in [7, 11) is 1.99. The van der Waals surface area contributed by atoms with E-state index < -0.39 is 0 Å². The van der Waals surface area contributed by atoms with Crippen molar-refractivity contribution in [2.45, 2.75) is 20.0 Å². The lowest BCUT2D eigenvalue weighted by Crippen LogP contribution is -3.00. The summed E-state index contributed by atoms with van der Waals surface area (Å²) in [5.74, 6) is 0. The second-order valence-electron chi connectivity index (χ2n) is 4.64. The molecule has 2 aromatic carbocycles. The number of hydrogen-bond acceptors (Lipinski definition) is 1. The molecule has 0 aliphatic heterocycles. The molecule has 0 radical (unpaired) electrons. The van der Waals surface area contributed by atoms with E-state index in [0.29, 0.717) is 0 Å². The van der Waals surface area contributed by atoms with Gasteiger partial charge in [-0.1, -0.05) is 24.3 Å². The molecule has 0 spiro atoms. The third-order valence-corrected chi connectivity index (χ3v) is 3.53. The van der Waals surface area contributed by atoms with Gasteiger partial charge in [0.05, 0.1) is 0 Å². The van der Waals surface area contributed by atoms with Gasteiger partial charge in [-0.05, 0) is 37.7 Å². The zero-order chi connectivity index (χ0) is 12.5. The highest BCUT2D eigenvalue weighted by Crippen LogP contribution is 2.29. The van der Waals surface area contributed by atoms with E-state index in [4.69, 9.17) is 0 Å². The second-order valence-corrected chi connectivity index (χ2v) is 4.64. The first-order valence-corrected chi connectivity index (χ1v) is 6.49. The van der Waals surface area contributed by atoms with Crippen LogP contribution in [0.25, 0.3) is 21.8 Å². The van der Waals surface area contributed by atoms with Crippen LogP contribution in [0, 0.1) is 0 Å². The van der Waals surface area contributed by atoms with Gasteiger partial charge >= 0.3 is 0 Å². The lowest BCUT2D eigenvalue weighted by molar-refractivity contribution is -0.00000366. The Morgan fingerprint density at radius 3 is 2.47 bits per heavy atom. The molecule has 3 rings (SSSR count). The van der Waals surface area contributed by atoms with Gasteiger partial charge in [-0.3, -0.25) is 0 Å². The minimum Gasteiger partial charge on any atom is -1.00 e. The van der Waals surface area contributed by atoms with Gasteiger partial charge in [-0.2, -0.15) is 0 Å². The normalized spacial score (nSPS) is 10.8. The summed E-state index contributed by atoms with van der Waals surface area (Å²) in [6.07, 6.45) is 0. The first-order chi connectivity index (χ1) is 8.85. The van der Waals surface area contributed by atoms with Gasteiger partial charge in [0.1, 0.15) is 0 Å². The number of para-hydroxylation sites is 1. The van der Waals surface area contributed by atoms with Crippen molar-refractivity contribution in [3.8, 4) is 0 Å². The molecule has 0 saturated carbocycles. The minimum absolute atomic E-state index is 0. The number of nitrogens with one attached hydrogen (secondary N) is 1. The summed E-state index contributed by atoms with van der Waals surface area (Å²) in [6, 6.07) is 15.4. The van der Waals surface area contributed by atoms with Crippen molar-refractivity contribution in [2.75, 3.05) is 7.05 Å². The van der Waals surface area contributed by atoms with Gasteiger partial charge in [-0.15, -0.1) is 0 Å². The molecule has 0 amide bonds. The smallest absolute Gasteiger partial charge is 0.0491 e. The lowest BCUT2D eigenvalue weighted by atomic mass is 10.1. The predicted molar refractivity (Wildman–Crippen MR) is 77.9 cm³/mol. The summed E-state index contributed by atoms with van der Waals surface area (Å²) in [4.78, 5) is 0. The molecule has 0 aliphatic carbocycles. The molecule has 1 N–H and O–H groups in total. The van der Waals surface area contributed by atoms with Gasteiger partial charge in [0.15, 0.2) is 0 Å². The van der Waals surface area contributed by atoms with E-state index in [-0.39, 0.29) is 12.4 Å². The highest BCUT2D eigenvalue weighted by molar-refractivity contribution is 6.08. The molecular formula is C16H18ClN2-. The molecule has 0 saturated heterocycles.